The smallest absolute Gasteiger partial charge is 0.0375 e. The van der Waals surface area contributed by atoms with Crippen molar-refractivity contribution in [1.29, 1.82) is 0 Å². The van der Waals surface area contributed by atoms with E-state index in [0.29, 0.717) is 0 Å². The summed E-state index contributed by atoms with van der Waals surface area (Å²) in [5.74, 6) is 0.835. The minimum atomic E-state index is 0.835. The van der Waals surface area contributed by atoms with Crippen molar-refractivity contribution < 1.29 is 0 Å². The number of pyridine rings is 1. The Morgan fingerprint density at radius 1 is 1.62 bits per heavy atom. The Morgan fingerprint density at radius 3 is 3.23 bits per heavy atom. The van der Waals surface area contributed by atoms with Crippen molar-refractivity contribution in [2.75, 3.05) is 13.1 Å². The van der Waals surface area contributed by atoms with Gasteiger partial charge in [0.25, 0.3) is 0 Å². The number of nitrogens with zero attached hydrogens (tertiary/aromatic N) is 1. The van der Waals surface area contributed by atoms with Crippen molar-refractivity contribution in [2.45, 2.75) is 19.8 Å². The van der Waals surface area contributed by atoms with Gasteiger partial charge in [0.05, 0.1) is 0 Å². The first-order chi connectivity index (χ1) is 6.34. The Hall–Kier alpha value is -0.890. The zero-order valence-electron chi connectivity index (χ0n) is 8.09. The zero-order valence-corrected chi connectivity index (χ0v) is 8.09. The minimum Gasteiger partial charge on any atom is -0.316 e. The predicted octanol–water partition coefficient (Wildman–Crippen LogP) is 1.54. The summed E-state index contributed by atoms with van der Waals surface area (Å²) in [5, 5.41) is 3.39. The van der Waals surface area contributed by atoms with Gasteiger partial charge in [0.1, 0.15) is 0 Å². The molecule has 1 unspecified atom stereocenters. The molecule has 0 amide bonds. The molecule has 70 valence electrons. The highest BCUT2D eigenvalue weighted by Crippen LogP contribution is 2.14. The van der Waals surface area contributed by atoms with E-state index in [1.807, 2.05) is 6.20 Å². The second-order valence-corrected chi connectivity index (χ2v) is 3.87. The first-order valence-corrected chi connectivity index (χ1v) is 4.97. The van der Waals surface area contributed by atoms with Crippen LogP contribution in [0, 0.1) is 12.8 Å². The van der Waals surface area contributed by atoms with Crippen molar-refractivity contribution in [3.63, 3.8) is 0 Å². The topological polar surface area (TPSA) is 24.9 Å². The van der Waals surface area contributed by atoms with E-state index < -0.39 is 0 Å². The van der Waals surface area contributed by atoms with E-state index >= 15 is 0 Å². The predicted molar refractivity (Wildman–Crippen MR) is 53.7 cm³/mol. The molecule has 2 heterocycles. The quantitative estimate of drug-likeness (QED) is 0.739. The Kier molecular flexibility index (Phi) is 2.60. The van der Waals surface area contributed by atoms with Gasteiger partial charge in [-0.2, -0.15) is 0 Å². The number of hydrogen-bond donors (Lipinski definition) is 1. The van der Waals surface area contributed by atoms with Crippen LogP contribution < -0.4 is 5.32 Å². The van der Waals surface area contributed by atoms with Crippen LogP contribution in [0.15, 0.2) is 18.3 Å². The fourth-order valence-corrected chi connectivity index (χ4v) is 1.95. The highest BCUT2D eigenvalue weighted by atomic mass is 14.9. The second kappa shape index (κ2) is 3.88. The van der Waals surface area contributed by atoms with Crippen molar-refractivity contribution in [3.8, 4) is 0 Å². The van der Waals surface area contributed by atoms with Crippen LogP contribution in [0.4, 0.5) is 0 Å². The first kappa shape index (κ1) is 8.70. The van der Waals surface area contributed by atoms with Crippen LogP contribution in [0.5, 0.6) is 0 Å². The van der Waals surface area contributed by atoms with Crippen molar-refractivity contribution in [2.24, 2.45) is 5.92 Å². The fourth-order valence-electron chi connectivity index (χ4n) is 1.95. The van der Waals surface area contributed by atoms with Crippen LogP contribution in [0.3, 0.4) is 0 Å². The summed E-state index contributed by atoms with van der Waals surface area (Å²) < 4.78 is 0. The van der Waals surface area contributed by atoms with Gasteiger partial charge < -0.3 is 5.32 Å². The third-order valence-corrected chi connectivity index (χ3v) is 2.65. The molecule has 1 atom stereocenters. The molecular weight excluding hydrogens is 160 g/mol. The van der Waals surface area contributed by atoms with E-state index in [9.17, 15) is 0 Å². The molecule has 0 radical (unpaired) electrons. The van der Waals surface area contributed by atoms with E-state index in [4.69, 9.17) is 0 Å². The molecule has 2 rings (SSSR count). The average molecular weight is 176 g/mol. The summed E-state index contributed by atoms with van der Waals surface area (Å²) in [4.78, 5) is 4.20. The molecule has 0 aromatic carbocycles. The lowest BCUT2D eigenvalue weighted by atomic mass is 9.99. The van der Waals surface area contributed by atoms with Gasteiger partial charge in [-0.1, -0.05) is 0 Å². The lowest BCUT2D eigenvalue weighted by molar-refractivity contribution is 0.579. The van der Waals surface area contributed by atoms with Crippen molar-refractivity contribution in [3.05, 3.63) is 29.6 Å². The average Bonchev–Trinajstić information content (AvgIpc) is 2.57. The third kappa shape index (κ3) is 2.28. The van der Waals surface area contributed by atoms with Gasteiger partial charge >= 0.3 is 0 Å². The summed E-state index contributed by atoms with van der Waals surface area (Å²) in [5.41, 5.74) is 2.56. The highest BCUT2D eigenvalue weighted by molar-refractivity contribution is 5.16. The number of rotatable bonds is 2. The highest BCUT2D eigenvalue weighted by Gasteiger charge is 2.14. The molecule has 2 nitrogen and oxygen atoms in total. The summed E-state index contributed by atoms with van der Waals surface area (Å²) in [6.07, 6.45) is 4.44. The maximum absolute atomic E-state index is 4.20. The molecule has 13 heavy (non-hydrogen) atoms. The molecule has 2 heteroatoms. The van der Waals surface area contributed by atoms with Crippen molar-refractivity contribution in [1.82, 2.24) is 10.3 Å². The number of hydrogen-bond acceptors (Lipinski definition) is 2. The van der Waals surface area contributed by atoms with Crippen LogP contribution in [0.1, 0.15) is 17.7 Å². The van der Waals surface area contributed by atoms with Gasteiger partial charge in [0.15, 0.2) is 0 Å². The van der Waals surface area contributed by atoms with Gasteiger partial charge in [0, 0.05) is 11.9 Å². The van der Waals surface area contributed by atoms with Gasteiger partial charge in [-0.3, -0.25) is 4.98 Å². The molecule has 1 aliphatic heterocycles. The van der Waals surface area contributed by atoms with E-state index in [2.05, 4.69) is 29.4 Å². The SMILES string of the molecule is Cc1cc(CC2CCNC2)ccn1. The van der Waals surface area contributed by atoms with E-state index in [1.54, 1.807) is 0 Å². The summed E-state index contributed by atoms with van der Waals surface area (Å²) in [7, 11) is 0. The number of aryl methyl sites for hydroxylation is 1. The summed E-state index contributed by atoms with van der Waals surface area (Å²) >= 11 is 0. The monoisotopic (exact) mass is 176 g/mol. The van der Waals surface area contributed by atoms with Gasteiger partial charge in [0.2, 0.25) is 0 Å². The standard InChI is InChI=1S/C11H16N2/c1-9-6-10(3-5-13-9)7-11-2-4-12-8-11/h3,5-6,11-12H,2,4,7-8H2,1H3. The summed E-state index contributed by atoms with van der Waals surface area (Å²) in [6, 6.07) is 4.32. The molecule has 0 aliphatic carbocycles. The maximum atomic E-state index is 4.20. The van der Waals surface area contributed by atoms with E-state index in [1.165, 1.54) is 31.5 Å². The van der Waals surface area contributed by atoms with Crippen LogP contribution in [0.2, 0.25) is 0 Å². The largest absolute Gasteiger partial charge is 0.316 e. The zero-order chi connectivity index (χ0) is 9.10. The van der Waals surface area contributed by atoms with Crippen LogP contribution in [-0.2, 0) is 6.42 Å². The summed E-state index contributed by atoms with van der Waals surface area (Å²) in [6.45, 7) is 4.42. The molecule has 1 N–H and O–H groups in total. The van der Waals surface area contributed by atoms with E-state index in [-0.39, 0.29) is 0 Å². The van der Waals surface area contributed by atoms with Crippen LogP contribution in [0.25, 0.3) is 0 Å². The van der Waals surface area contributed by atoms with Crippen LogP contribution >= 0.6 is 0 Å². The first-order valence-electron chi connectivity index (χ1n) is 4.97. The second-order valence-electron chi connectivity index (χ2n) is 3.87. The lowest BCUT2D eigenvalue weighted by Gasteiger charge is -2.07. The fraction of sp³-hybridized carbons (Fsp3) is 0.545. The Bertz CT molecular complexity index is 277. The molecule has 1 aliphatic rings. The Labute approximate surface area is 79.4 Å². The molecule has 1 aromatic rings. The molecule has 0 spiro atoms. The van der Waals surface area contributed by atoms with Gasteiger partial charge in [-0.15, -0.1) is 0 Å². The van der Waals surface area contributed by atoms with Crippen LogP contribution in [-0.4, -0.2) is 18.1 Å². The van der Waals surface area contributed by atoms with E-state index in [0.717, 1.165) is 11.6 Å². The molecular formula is C11H16N2. The molecule has 0 saturated carbocycles. The Morgan fingerprint density at radius 2 is 2.54 bits per heavy atom. The maximum Gasteiger partial charge on any atom is 0.0375 e. The van der Waals surface area contributed by atoms with Crippen molar-refractivity contribution >= 4 is 0 Å². The molecule has 0 bridgehead atoms. The minimum absolute atomic E-state index is 0.835. The van der Waals surface area contributed by atoms with Gasteiger partial charge in [-0.25, -0.2) is 0 Å². The normalized spacial score (nSPS) is 22.1. The third-order valence-electron chi connectivity index (χ3n) is 2.65. The number of aromatic nitrogens is 1. The molecule has 1 fully saturated rings. The number of nitrogens with one attached hydrogen (secondary N) is 1. The van der Waals surface area contributed by atoms with Gasteiger partial charge in [-0.05, 0) is 56.5 Å². The molecule has 1 saturated heterocycles. The Balaban J connectivity index is 2.00. The molecule has 1 aromatic heterocycles. The lowest BCUT2D eigenvalue weighted by Crippen LogP contribution is -2.10.